The van der Waals surface area contributed by atoms with Crippen LogP contribution in [0.1, 0.15) is 96.8 Å². The van der Waals surface area contributed by atoms with Gasteiger partial charge in [0, 0.05) is 13.7 Å². The fourth-order valence-electron chi connectivity index (χ4n) is 3.64. The van der Waals surface area contributed by atoms with Gasteiger partial charge in [-0.05, 0) is 51.4 Å². The van der Waals surface area contributed by atoms with Crippen molar-refractivity contribution >= 4 is 7.82 Å². The third-order valence-corrected chi connectivity index (χ3v) is 6.96. The molecule has 7 nitrogen and oxygen atoms in total. The lowest BCUT2D eigenvalue weighted by molar-refractivity contribution is -0.870. The van der Waals surface area contributed by atoms with Gasteiger partial charge in [0.1, 0.15) is 19.3 Å². The molecule has 2 atom stereocenters. The van der Waals surface area contributed by atoms with Crippen LogP contribution in [0.3, 0.4) is 0 Å². The molecule has 0 saturated heterocycles. The van der Waals surface area contributed by atoms with Crippen LogP contribution in [0.25, 0.3) is 0 Å². The highest BCUT2D eigenvalue weighted by Gasteiger charge is 2.20. The minimum absolute atomic E-state index is 0.0818. The predicted octanol–water partition coefficient (Wildman–Crippen LogP) is 6.82. The van der Waals surface area contributed by atoms with Crippen LogP contribution in [0.4, 0.5) is 0 Å². The summed E-state index contributed by atoms with van der Waals surface area (Å²) in [5, 5.41) is 0. The maximum absolute atomic E-state index is 12.1. The third-order valence-electron chi connectivity index (χ3n) is 5.90. The fraction of sp³-hybridized carbons (Fsp3) is 0.862. The highest BCUT2D eigenvalue weighted by Crippen LogP contribution is 2.39. The number of ether oxygens (including phenoxy) is 2. The van der Waals surface area contributed by atoms with Crippen molar-refractivity contribution < 1.29 is 32.5 Å². The lowest BCUT2D eigenvalue weighted by atomic mass is 10.1. The lowest BCUT2D eigenvalue weighted by Gasteiger charge is -2.29. The first-order valence-corrected chi connectivity index (χ1v) is 16.0. The van der Waals surface area contributed by atoms with E-state index in [4.69, 9.17) is 18.5 Å². The number of hydrogen-bond acceptors (Lipinski definition) is 6. The Morgan fingerprint density at radius 3 is 1.81 bits per heavy atom. The number of methoxy groups -OCH3 is 1. The summed E-state index contributed by atoms with van der Waals surface area (Å²) in [5.74, 6) is 0. The van der Waals surface area contributed by atoms with E-state index in [2.05, 4.69) is 31.2 Å². The maximum atomic E-state index is 12.1. The van der Waals surface area contributed by atoms with Crippen LogP contribution in [-0.2, 0) is 23.1 Å². The molecule has 1 unspecified atom stereocenters. The van der Waals surface area contributed by atoms with Gasteiger partial charge in [0.25, 0.3) is 7.82 Å². The minimum Gasteiger partial charge on any atom is -0.756 e. The molecule has 0 amide bonds. The molecular weight excluding hydrogens is 489 g/mol. The lowest BCUT2D eigenvalue weighted by Crippen LogP contribution is -2.38. The molecule has 0 rings (SSSR count). The Morgan fingerprint density at radius 2 is 1.27 bits per heavy atom. The van der Waals surface area contributed by atoms with Crippen LogP contribution in [0.15, 0.2) is 24.3 Å². The Labute approximate surface area is 228 Å². The number of quaternary nitrogens is 1. The Morgan fingerprint density at radius 1 is 0.757 bits per heavy atom. The quantitative estimate of drug-likeness (QED) is 0.0486. The van der Waals surface area contributed by atoms with Crippen molar-refractivity contribution in [2.24, 2.45) is 0 Å². The smallest absolute Gasteiger partial charge is 0.268 e. The average molecular weight is 548 g/mol. The van der Waals surface area contributed by atoms with Crippen LogP contribution in [-0.4, -0.2) is 71.8 Å². The van der Waals surface area contributed by atoms with Crippen LogP contribution in [0, 0.1) is 0 Å². The van der Waals surface area contributed by atoms with Crippen molar-refractivity contribution in [3.05, 3.63) is 24.3 Å². The van der Waals surface area contributed by atoms with Gasteiger partial charge >= 0.3 is 0 Å². The molecule has 0 aromatic heterocycles. The average Bonchev–Trinajstić information content (AvgIpc) is 2.81. The molecule has 0 aromatic carbocycles. The topological polar surface area (TPSA) is 77.1 Å². The van der Waals surface area contributed by atoms with Crippen LogP contribution in [0.2, 0.25) is 0 Å². The number of rotatable bonds is 27. The number of unbranched alkanes of at least 4 members (excludes halogenated alkanes) is 11. The van der Waals surface area contributed by atoms with Gasteiger partial charge in [-0.2, -0.15) is 0 Å². The van der Waals surface area contributed by atoms with E-state index < -0.39 is 13.9 Å². The Kier molecular flexibility index (Phi) is 24.2. The first-order valence-electron chi connectivity index (χ1n) is 14.5. The van der Waals surface area contributed by atoms with Gasteiger partial charge in [0.05, 0.1) is 34.4 Å². The zero-order chi connectivity index (χ0) is 27.7. The Balaban J connectivity index is 3.65. The van der Waals surface area contributed by atoms with Crippen molar-refractivity contribution in [2.45, 2.75) is 103 Å². The molecule has 0 N–H and O–H groups in total. The summed E-state index contributed by atoms with van der Waals surface area (Å²) in [6.07, 6.45) is 25.7. The van der Waals surface area contributed by atoms with Crippen molar-refractivity contribution in [1.82, 2.24) is 0 Å². The van der Waals surface area contributed by atoms with E-state index in [9.17, 15) is 9.46 Å². The molecule has 0 saturated carbocycles. The molecule has 0 aliphatic rings. The Hall–Kier alpha value is -0.530. The molecule has 0 bridgehead atoms. The molecule has 0 aliphatic heterocycles. The molecule has 220 valence electrons. The molecule has 0 heterocycles. The fourth-order valence-corrected chi connectivity index (χ4v) is 4.49. The molecule has 0 fully saturated rings. The molecule has 0 aliphatic carbocycles. The first kappa shape index (κ1) is 36.5. The molecule has 0 radical (unpaired) electrons. The summed E-state index contributed by atoms with van der Waals surface area (Å²) in [6, 6.07) is 0. The second-order valence-corrected chi connectivity index (χ2v) is 12.2. The minimum atomic E-state index is -4.39. The zero-order valence-electron chi connectivity index (χ0n) is 24.7. The van der Waals surface area contributed by atoms with Gasteiger partial charge in [-0.15, -0.1) is 0 Å². The molecular formula is C29H58NO6P. The highest BCUT2D eigenvalue weighted by molar-refractivity contribution is 7.45. The predicted molar refractivity (Wildman–Crippen MR) is 153 cm³/mol. The summed E-state index contributed by atoms with van der Waals surface area (Å²) < 4.78 is 33.5. The molecule has 0 aromatic rings. The van der Waals surface area contributed by atoms with E-state index >= 15 is 0 Å². The molecule has 8 heteroatoms. The SMILES string of the molecule is CCCC/C=C\CCCC/C=C\CCCCCCCCOC[C@H](COC)OP(=O)([O-])OCC[N+](C)(C)C. The number of allylic oxidation sites excluding steroid dienone is 4. The van der Waals surface area contributed by atoms with Crippen molar-refractivity contribution in [1.29, 1.82) is 0 Å². The van der Waals surface area contributed by atoms with Crippen molar-refractivity contribution in [3.63, 3.8) is 0 Å². The second kappa shape index (κ2) is 24.5. The van der Waals surface area contributed by atoms with Gasteiger partial charge in [-0.1, -0.05) is 69.8 Å². The van der Waals surface area contributed by atoms with E-state index in [0.717, 1.165) is 12.8 Å². The summed E-state index contributed by atoms with van der Waals surface area (Å²) in [5.41, 5.74) is 0. The number of likely N-dealkylation sites (N-methyl/N-ethyl adjacent to an activating group) is 1. The number of hydrogen-bond donors (Lipinski definition) is 0. The summed E-state index contributed by atoms with van der Waals surface area (Å²) >= 11 is 0. The third kappa shape index (κ3) is 28.3. The van der Waals surface area contributed by atoms with Gasteiger partial charge in [-0.3, -0.25) is 4.57 Å². The summed E-state index contributed by atoms with van der Waals surface area (Å²) in [4.78, 5) is 12.1. The van der Waals surface area contributed by atoms with Crippen LogP contribution >= 0.6 is 7.82 Å². The normalized spacial score (nSPS) is 15.1. The zero-order valence-corrected chi connectivity index (χ0v) is 25.6. The van der Waals surface area contributed by atoms with Crippen molar-refractivity contribution in [3.8, 4) is 0 Å². The Bertz CT molecular complexity index is 606. The second-order valence-electron chi connectivity index (χ2n) is 10.8. The van der Waals surface area contributed by atoms with E-state index in [1.807, 2.05) is 21.1 Å². The number of phosphoric acid groups is 1. The van der Waals surface area contributed by atoms with Gasteiger partial charge < -0.3 is 27.9 Å². The summed E-state index contributed by atoms with van der Waals surface area (Å²) in [7, 11) is 3.03. The van der Waals surface area contributed by atoms with E-state index in [0.29, 0.717) is 17.6 Å². The molecule has 37 heavy (non-hydrogen) atoms. The van der Waals surface area contributed by atoms with Gasteiger partial charge in [-0.25, -0.2) is 0 Å². The first-order chi connectivity index (χ1) is 17.7. The van der Waals surface area contributed by atoms with Crippen LogP contribution < -0.4 is 4.89 Å². The van der Waals surface area contributed by atoms with Gasteiger partial charge in [0.15, 0.2) is 0 Å². The molecule has 0 spiro atoms. The van der Waals surface area contributed by atoms with Crippen molar-refractivity contribution in [2.75, 3.05) is 61.2 Å². The largest absolute Gasteiger partial charge is 0.756 e. The number of nitrogens with zero attached hydrogens (tertiary/aromatic N) is 1. The van der Waals surface area contributed by atoms with E-state index in [1.54, 1.807) is 0 Å². The monoisotopic (exact) mass is 547 g/mol. The maximum Gasteiger partial charge on any atom is 0.268 e. The van der Waals surface area contributed by atoms with Crippen LogP contribution in [0.5, 0.6) is 0 Å². The van der Waals surface area contributed by atoms with E-state index in [-0.39, 0.29) is 19.8 Å². The summed E-state index contributed by atoms with van der Waals surface area (Å²) in [6.45, 7) is 3.78. The van der Waals surface area contributed by atoms with E-state index in [1.165, 1.54) is 84.2 Å². The standard InChI is InChI=1S/C29H58NO6P/c1-6-7-8-9-10-11-12-13-14-15-16-17-18-19-20-21-22-23-25-34-28-29(27-33-5)36-37(31,32)35-26-24-30(2,3)4/h9-10,15-16,29H,6-8,11-14,17-28H2,1-5H3/b10-9-,16-15-/t29-/m0/s1. The number of phosphoric ester groups is 1. The van der Waals surface area contributed by atoms with Gasteiger partial charge in [0.2, 0.25) is 0 Å². The highest BCUT2D eigenvalue weighted by atomic mass is 31.2.